The van der Waals surface area contributed by atoms with E-state index in [-0.39, 0.29) is 5.82 Å². The smallest absolute Gasteiger partial charge is 0.138 e. The predicted octanol–water partition coefficient (Wildman–Crippen LogP) is 4.27. The molecule has 1 fully saturated rings. The maximum Gasteiger partial charge on any atom is 0.138 e. The third-order valence-corrected chi connectivity index (χ3v) is 5.75. The molecule has 102 valence electrons. The van der Waals surface area contributed by atoms with Gasteiger partial charge >= 0.3 is 0 Å². The van der Waals surface area contributed by atoms with Crippen LogP contribution in [0.25, 0.3) is 11.0 Å². The summed E-state index contributed by atoms with van der Waals surface area (Å²) in [6.45, 7) is 0.894. The van der Waals surface area contributed by atoms with E-state index in [1.807, 2.05) is 34.4 Å². The fourth-order valence-corrected chi connectivity index (χ4v) is 4.39. The Bertz CT molecular complexity index is 610. The average Bonchev–Trinajstić information content (AvgIpc) is 3.00. The molecule has 6 heteroatoms. The summed E-state index contributed by atoms with van der Waals surface area (Å²) in [6.07, 6.45) is 1.22. The number of thioether (sulfide) groups is 1. The van der Waals surface area contributed by atoms with E-state index in [1.54, 1.807) is 12.1 Å². The van der Waals surface area contributed by atoms with E-state index in [4.69, 9.17) is 11.6 Å². The molecular weight excluding hydrogens is 398 g/mol. The van der Waals surface area contributed by atoms with E-state index in [1.165, 1.54) is 17.9 Å². The topological polar surface area (TPSA) is 17.8 Å². The molecule has 1 unspecified atom stereocenters. The van der Waals surface area contributed by atoms with Crippen LogP contribution in [0.5, 0.6) is 0 Å². The normalized spacial score (nSPS) is 19.4. The Morgan fingerprint density at radius 2 is 2.37 bits per heavy atom. The van der Waals surface area contributed by atoms with E-state index in [2.05, 4.69) is 9.55 Å². The lowest BCUT2D eigenvalue weighted by Crippen LogP contribution is -2.12. The lowest BCUT2D eigenvalue weighted by molar-refractivity contribution is 0.492. The summed E-state index contributed by atoms with van der Waals surface area (Å²) < 4.78 is 16.5. The first-order valence-corrected chi connectivity index (χ1v) is 8.93. The molecule has 0 amide bonds. The fraction of sp³-hybridized carbons (Fsp3) is 0.462. The molecule has 0 radical (unpaired) electrons. The van der Waals surface area contributed by atoms with Crippen molar-refractivity contribution >= 4 is 57.0 Å². The van der Waals surface area contributed by atoms with Gasteiger partial charge in [0.15, 0.2) is 0 Å². The summed E-state index contributed by atoms with van der Waals surface area (Å²) in [6, 6.07) is 3.38. The number of hydrogen-bond acceptors (Lipinski definition) is 2. The van der Waals surface area contributed by atoms with E-state index < -0.39 is 0 Å². The number of aromatic nitrogens is 2. The zero-order chi connectivity index (χ0) is 13.4. The molecule has 1 aromatic carbocycles. The minimum Gasteiger partial charge on any atom is -0.327 e. The van der Waals surface area contributed by atoms with Crippen molar-refractivity contribution in [1.29, 1.82) is 0 Å². The number of fused-ring (bicyclic) bond motifs is 1. The summed E-state index contributed by atoms with van der Waals surface area (Å²) in [4.78, 5) is 4.53. The molecule has 1 aliphatic rings. The van der Waals surface area contributed by atoms with Crippen LogP contribution in [-0.4, -0.2) is 21.1 Å². The predicted molar refractivity (Wildman–Crippen MR) is 87.4 cm³/mol. The third-order valence-electron chi connectivity index (χ3n) is 3.45. The molecular formula is C13H13ClFIN2S. The van der Waals surface area contributed by atoms with Gasteiger partial charge in [0.25, 0.3) is 0 Å². The van der Waals surface area contributed by atoms with Crippen molar-refractivity contribution in [2.75, 3.05) is 11.5 Å². The van der Waals surface area contributed by atoms with Crippen LogP contribution < -0.4 is 0 Å². The Kier molecular flexibility index (Phi) is 4.24. The second kappa shape index (κ2) is 5.77. The molecule has 1 atom stereocenters. The minimum absolute atomic E-state index is 0.184. The van der Waals surface area contributed by atoms with Crippen LogP contribution in [0.4, 0.5) is 4.39 Å². The van der Waals surface area contributed by atoms with Gasteiger partial charge in [0, 0.05) is 12.6 Å². The number of nitrogens with zero attached hydrogens (tertiary/aromatic N) is 2. The molecule has 2 heterocycles. The Morgan fingerprint density at radius 3 is 3.05 bits per heavy atom. The van der Waals surface area contributed by atoms with Gasteiger partial charge in [-0.1, -0.05) is 0 Å². The second-order valence-electron chi connectivity index (χ2n) is 4.76. The van der Waals surface area contributed by atoms with Crippen LogP contribution >= 0.6 is 46.0 Å². The van der Waals surface area contributed by atoms with Gasteiger partial charge in [-0.15, -0.1) is 11.6 Å². The Labute approximate surface area is 134 Å². The maximum atomic E-state index is 13.8. The van der Waals surface area contributed by atoms with E-state index >= 15 is 0 Å². The molecule has 0 spiro atoms. The van der Waals surface area contributed by atoms with Crippen LogP contribution in [0.15, 0.2) is 12.1 Å². The van der Waals surface area contributed by atoms with Crippen molar-refractivity contribution in [3.8, 4) is 0 Å². The van der Waals surface area contributed by atoms with Gasteiger partial charge in [-0.05, 0) is 52.5 Å². The summed E-state index contributed by atoms with van der Waals surface area (Å²) in [5.41, 5.74) is 1.71. The average molecular weight is 411 g/mol. The first-order valence-electron chi connectivity index (χ1n) is 6.17. The largest absolute Gasteiger partial charge is 0.327 e. The van der Waals surface area contributed by atoms with Crippen molar-refractivity contribution < 1.29 is 4.39 Å². The monoisotopic (exact) mass is 410 g/mol. The molecule has 1 saturated heterocycles. The number of alkyl halides is 1. The quantitative estimate of drug-likeness (QED) is 0.555. The van der Waals surface area contributed by atoms with Crippen LogP contribution in [-0.2, 0) is 12.4 Å². The van der Waals surface area contributed by atoms with Gasteiger partial charge in [-0.2, -0.15) is 11.8 Å². The summed E-state index contributed by atoms with van der Waals surface area (Å²) in [5, 5.41) is 0. The SMILES string of the molecule is Fc1cc2c(cc1I)nc(CCl)n2CC1CCSC1. The number of rotatable bonds is 3. The van der Waals surface area contributed by atoms with Gasteiger partial charge in [0.1, 0.15) is 11.6 Å². The van der Waals surface area contributed by atoms with Gasteiger partial charge in [0.05, 0.1) is 20.5 Å². The summed E-state index contributed by atoms with van der Waals surface area (Å²) >= 11 is 9.97. The molecule has 2 nitrogen and oxygen atoms in total. The van der Waals surface area contributed by atoms with E-state index in [0.717, 1.165) is 23.4 Å². The van der Waals surface area contributed by atoms with Crippen molar-refractivity contribution in [2.24, 2.45) is 5.92 Å². The number of hydrogen-bond donors (Lipinski definition) is 0. The molecule has 1 aliphatic heterocycles. The van der Waals surface area contributed by atoms with Crippen LogP contribution in [0, 0.1) is 15.3 Å². The molecule has 0 N–H and O–H groups in total. The molecule has 1 aromatic heterocycles. The first kappa shape index (κ1) is 13.9. The van der Waals surface area contributed by atoms with Crippen molar-refractivity contribution in [1.82, 2.24) is 9.55 Å². The molecule has 2 aromatic rings. The summed E-state index contributed by atoms with van der Waals surface area (Å²) in [7, 11) is 0. The second-order valence-corrected chi connectivity index (χ2v) is 7.34. The van der Waals surface area contributed by atoms with E-state index in [9.17, 15) is 4.39 Å². The van der Waals surface area contributed by atoms with Crippen molar-refractivity contribution in [3.63, 3.8) is 0 Å². The van der Waals surface area contributed by atoms with Gasteiger partial charge < -0.3 is 4.57 Å². The molecule has 0 aliphatic carbocycles. The fourth-order valence-electron chi connectivity index (χ4n) is 2.46. The highest BCUT2D eigenvalue weighted by molar-refractivity contribution is 14.1. The van der Waals surface area contributed by atoms with Gasteiger partial charge in [0.2, 0.25) is 0 Å². The highest BCUT2D eigenvalue weighted by Gasteiger charge is 2.20. The van der Waals surface area contributed by atoms with Gasteiger partial charge in [-0.25, -0.2) is 9.37 Å². The van der Waals surface area contributed by atoms with Gasteiger partial charge in [-0.3, -0.25) is 0 Å². The third kappa shape index (κ3) is 2.74. The molecule has 0 saturated carbocycles. The number of imidazole rings is 1. The zero-order valence-electron chi connectivity index (χ0n) is 10.2. The lowest BCUT2D eigenvalue weighted by atomic mass is 10.1. The van der Waals surface area contributed by atoms with Crippen LogP contribution in [0.1, 0.15) is 12.2 Å². The lowest BCUT2D eigenvalue weighted by Gasteiger charge is -2.12. The van der Waals surface area contributed by atoms with Crippen molar-refractivity contribution in [3.05, 3.63) is 27.3 Å². The molecule has 19 heavy (non-hydrogen) atoms. The Morgan fingerprint density at radius 1 is 1.53 bits per heavy atom. The standard InChI is InChI=1S/C13H13ClFIN2S/c14-5-13-17-11-4-10(16)9(15)3-12(11)18(13)6-8-1-2-19-7-8/h3-4,8H,1-2,5-7H2. The van der Waals surface area contributed by atoms with Crippen LogP contribution in [0.2, 0.25) is 0 Å². The van der Waals surface area contributed by atoms with Crippen LogP contribution in [0.3, 0.4) is 0 Å². The Balaban J connectivity index is 2.06. The maximum absolute atomic E-state index is 13.8. The highest BCUT2D eigenvalue weighted by Crippen LogP contribution is 2.28. The zero-order valence-corrected chi connectivity index (χ0v) is 13.9. The number of halogens is 3. The highest BCUT2D eigenvalue weighted by atomic mass is 127. The molecule has 3 rings (SSSR count). The van der Waals surface area contributed by atoms with E-state index in [0.29, 0.717) is 15.4 Å². The Hall–Kier alpha value is -0.0100. The first-order chi connectivity index (χ1) is 9.19. The molecule has 0 bridgehead atoms. The summed E-state index contributed by atoms with van der Waals surface area (Å²) in [5.74, 6) is 4.07. The van der Waals surface area contributed by atoms with Crippen molar-refractivity contribution in [2.45, 2.75) is 18.8 Å². The number of benzene rings is 1. The minimum atomic E-state index is -0.184.